The quantitative estimate of drug-likeness (QED) is 0.869. The zero-order valence-corrected chi connectivity index (χ0v) is 12.2. The van der Waals surface area contributed by atoms with E-state index in [1.54, 1.807) is 0 Å². The molecule has 3 rings (SSSR count). The zero-order chi connectivity index (χ0) is 14.1. The summed E-state index contributed by atoms with van der Waals surface area (Å²) in [7, 11) is 0. The van der Waals surface area contributed by atoms with Crippen LogP contribution in [0.15, 0.2) is 30.5 Å². The molecule has 0 saturated heterocycles. The minimum absolute atomic E-state index is 0.472. The van der Waals surface area contributed by atoms with E-state index < -0.39 is 0 Å². The Balaban J connectivity index is 1.67. The molecule has 1 unspecified atom stereocenters. The molecule has 2 heterocycles. The van der Waals surface area contributed by atoms with Gasteiger partial charge in [-0.3, -0.25) is 9.58 Å². The first-order chi connectivity index (χ1) is 9.65. The van der Waals surface area contributed by atoms with E-state index in [9.17, 15) is 0 Å². The molecule has 0 radical (unpaired) electrons. The van der Waals surface area contributed by atoms with Crippen molar-refractivity contribution in [2.24, 2.45) is 0 Å². The highest BCUT2D eigenvalue weighted by atomic mass is 15.3. The molecule has 4 nitrogen and oxygen atoms in total. The highest BCUT2D eigenvalue weighted by Crippen LogP contribution is 2.25. The van der Waals surface area contributed by atoms with Crippen molar-refractivity contribution in [2.75, 3.05) is 5.73 Å². The summed E-state index contributed by atoms with van der Waals surface area (Å²) in [4.78, 5) is 2.41. The van der Waals surface area contributed by atoms with Crippen molar-refractivity contribution in [1.82, 2.24) is 14.7 Å². The van der Waals surface area contributed by atoms with Gasteiger partial charge in [0.2, 0.25) is 0 Å². The maximum atomic E-state index is 5.85. The van der Waals surface area contributed by atoms with Gasteiger partial charge in [-0.2, -0.15) is 5.10 Å². The average Bonchev–Trinajstić information content (AvgIpc) is 3.04. The number of rotatable bonds is 4. The van der Waals surface area contributed by atoms with E-state index in [1.807, 2.05) is 6.07 Å². The molecule has 0 amide bonds. The van der Waals surface area contributed by atoms with Crippen LogP contribution in [0.1, 0.15) is 43.1 Å². The fraction of sp³-hybridized carbons (Fsp3) is 0.438. The Morgan fingerprint density at radius 2 is 2.05 bits per heavy atom. The molecule has 0 saturated carbocycles. The molecular formula is C16H22N4. The first kappa shape index (κ1) is 13.2. The van der Waals surface area contributed by atoms with Gasteiger partial charge in [0.25, 0.3) is 0 Å². The topological polar surface area (TPSA) is 47.1 Å². The molecular weight excluding hydrogens is 248 g/mol. The smallest absolute Gasteiger partial charge is 0.0765 e. The van der Waals surface area contributed by atoms with Crippen LogP contribution in [0.4, 0.5) is 5.69 Å². The normalized spacial score (nSPS) is 16.3. The number of aromatic nitrogens is 2. The summed E-state index contributed by atoms with van der Waals surface area (Å²) in [6.45, 7) is 7.25. The summed E-state index contributed by atoms with van der Waals surface area (Å²) in [5, 5.41) is 4.68. The summed E-state index contributed by atoms with van der Waals surface area (Å²) in [5.74, 6) is 0. The Morgan fingerprint density at radius 1 is 1.25 bits per heavy atom. The van der Waals surface area contributed by atoms with Crippen LogP contribution in [0.2, 0.25) is 0 Å². The van der Waals surface area contributed by atoms with Crippen LogP contribution in [0.25, 0.3) is 0 Å². The lowest BCUT2D eigenvalue weighted by Gasteiger charge is -2.13. The van der Waals surface area contributed by atoms with E-state index in [-0.39, 0.29) is 0 Å². The Morgan fingerprint density at radius 3 is 2.85 bits per heavy atom. The number of benzene rings is 1. The minimum atomic E-state index is 0.472. The van der Waals surface area contributed by atoms with Gasteiger partial charge in [0.15, 0.2) is 0 Å². The fourth-order valence-electron chi connectivity index (χ4n) is 2.72. The molecule has 20 heavy (non-hydrogen) atoms. The van der Waals surface area contributed by atoms with Crippen molar-refractivity contribution in [3.8, 4) is 0 Å². The molecule has 0 bridgehead atoms. The highest BCUT2D eigenvalue weighted by Gasteiger charge is 2.19. The number of nitrogen functional groups attached to an aromatic ring is 1. The van der Waals surface area contributed by atoms with Gasteiger partial charge in [-0.15, -0.1) is 0 Å². The van der Waals surface area contributed by atoms with Gasteiger partial charge >= 0.3 is 0 Å². The van der Waals surface area contributed by atoms with Crippen LogP contribution in [-0.2, 0) is 19.6 Å². The number of anilines is 1. The van der Waals surface area contributed by atoms with Crippen molar-refractivity contribution in [2.45, 2.75) is 45.9 Å². The highest BCUT2D eigenvalue weighted by molar-refractivity contribution is 5.46. The van der Waals surface area contributed by atoms with Gasteiger partial charge < -0.3 is 5.73 Å². The minimum Gasteiger partial charge on any atom is -0.399 e. The number of nitrogens with zero attached hydrogens (tertiary/aromatic N) is 3. The van der Waals surface area contributed by atoms with Crippen molar-refractivity contribution in [3.63, 3.8) is 0 Å². The van der Waals surface area contributed by atoms with E-state index in [4.69, 9.17) is 5.73 Å². The van der Waals surface area contributed by atoms with Crippen LogP contribution in [-0.4, -0.2) is 14.7 Å². The lowest BCUT2D eigenvalue weighted by molar-refractivity contribution is 0.270. The maximum absolute atomic E-state index is 5.85. The summed E-state index contributed by atoms with van der Waals surface area (Å²) >= 11 is 0. The van der Waals surface area contributed by atoms with E-state index in [0.717, 1.165) is 37.4 Å². The number of fused-ring (bicyclic) bond motifs is 1. The molecule has 1 aromatic carbocycles. The largest absolute Gasteiger partial charge is 0.399 e. The predicted octanol–water partition coefficient (Wildman–Crippen LogP) is 2.95. The van der Waals surface area contributed by atoms with Crippen LogP contribution in [0.3, 0.4) is 0 Å². The van der Waals surface area contributed by atoms with Gasteiger partial charge in [-0.1, -0.05) is 13.0 Å². The lowest BCUT2D eigenvalue weighted by atomic mass is 10.1. The first-order valence-corrected chi connectivity index (χ1v) is 7.29. The maximum Gasteiger partial charge on any atom is 0.0765 e. The van der Waals surface area contributed by atoms with E-state index in [2.05, 4.69) is 52.9 Å². The molecule has 106 valence electrons. The van der Waals surface area contributed by atoms with Gasteiger partial charge in [0, 0.05) is 37.6 Å². The molecule has 0 aliphatic carbocycles. The van der Waals surface area contributed by atoms with Crippen molar-refractivity contribution < 1.29 is 0 Å². The number of nitrogens with two attached hydrogens (primary N) is 1. The molecule has 1 aliphatic heterocycles. The van der Waals surface area contributed by atoms with Gasteiger partial charge in [-0.05, 0) is 42.7 Å². The third-order valence-electron chi connectivity index (χ3n) is 4.11. The Kier molecular flexibility index (Phi) is 3.49. The average molecular weight is 270 g/mol. The second-order valence-electron chi connectivity index (χ2n) is 5.72. The standard InChI is InChI=1S/C16H22N4/c1-3-12(2)20-7-6-16(18-20)11-19-9-13-4-5-15(17)8-14(13)10-19/h4-8,12H,3,9-11,17H2,1-2H3. The summed E-state index contributed by atoms with van der Waals surface area (Å²) < 4.78 is 2.07. The van der Waals surface area contributed by atoms with Gasteiger partial charge in [0.05, 0.1) is 5.69 Å². The van der Waals surface area contributed by atoms with Crippen LogP contribution in [0, 0.1) is 0 Å². The van der Waals surface area contributed by atoms with Crippen molar-refractivity contribution >= 4 is 5.69 Å². The monoisotopic (exact) mass is 270 g/mol. The molecule has 0 fully saturated rings. The first-order valence-electron chi connectivity index (χ1n) is 7.29. The Labute approximate surface area is 120 Å². The summed E-state index contributed by atoms with van der Waals surface area (Å²) in [6.07, 6.45) is 3.19. The molecule has 1 aromatic heterocycles. The van der Waals surface area contributed by atoms with Crippen molar-refractivity contribution in [1.29, 1.82) is 0 Å². The third-order valence-corrected chi connectivity index (χ3v) is 4.11. The summed E-state index contributed by atoms with van der Waals surface area (Å²) in [5.41, 5.74) is 10.6. The Hall–Kier alpha value is -1.81. The van der Waals surface area contributed by atoms with Gasteiger partial charge in [-0.25, -0.2) is 0 Å². The SMILES string of the molecule is CCC(C)n1ccc(CN2Cc3ccc(N)cc3C2)n1. The fourth-order valence-corrected chi connectivity index (χ4v) is 2.72. The van der Waals surface area contributed by atoms with Gasteiger partial charge in [0.1, 0.15) is 0 Å². The zero-order valence-electron chi connectivity index (χ0n) is 12.2. The van der Waals surface area contributed by atoms with E-state index >= 15 is 0 Å². The Bertz CT molecular complexity index is 602. The number of hydrogen-bond acceptors (Lipinski definition) is 3. The lowest BCUT2D eigenvalue weighted by Crippen LogP contribution is -2.16. The van der Waals surface area contributed by atoms with E-state index in [1.165, 1.54) is 11.1 Å². The molecule has 1 atom stereocenters. The van der Waals surface area contributed by atoms with Crippen LogP contribution in [0.5, 0.6) is 0 Å². The number of hydrogen-bond donors (Lipinski definition) is 1. The molecule has 2 N–H and O–H groups in total. The molecule has 0 spiro atoms. The van der Waals surface area contributed by atoms with Crippen LogP contribution < -0.4 is 5.73 Å². The second-order valence-corrected chi connectivity index (χ2v) is 5.72. The second kappa shape index (κ2) is 5.29. The van der Waals surface area contributed by atoms with Crippen LogP contribution >= 0.6 is 0 Å². The van der Waals surface area contributed by atoms with E-state index in [0.29, 0.717) is 6.04 Å². The molecule has 4 heteroatoms. The molecule has 2 aromatic rings. The van der Waals surface area contributed by atoms with Crippen molar-refractivity contribution in [3.05, 3.63) is 47.3 Å². The predicted molar refractivity (Wildman–Crippen MR) is 81.0 cm³/mol. The molecule has 1 aliphatic rings. The third kappa shape index (κ3) is 2.56. The summed E-state index contributed by atoms with van der Waals surface area (Å²) in [6, 6.07) is 8.82.